The molecular weight excluding hydrogens is 705 g/mol. The minimum absolute atomic E-state index is 0.0591. The Hall–Kier alpha value is -4.53. The molecule has 0 aliphatic rings. The molecule has 0 N–H and O–H groups in total. The van der Waals surface area contributed by atoms with Crippen LogP contribution in [0, 0.1) is 0 Å². The maximum Gasteiger partial charge on any atom is 0.460 e. The first-order valence-corrected chi connectivity index (χ1v) is 12.4. The lowest BCUT2D eigenvalue weighted by atomic mass is 9.87. The van der Waals surface area contributed by atoms with Gasteiger partial charge in [-0.25, -0.2) is 0 Å². The molecule has 0 amide bonds. The molecule has 0 radical (unpaired) electrons. The third kappa shape index (κ3) is 5.09. The molecule has 4 rings (SSSR count). The molecule has 5 nitrogen and oxygen atoms in total. The number of rotatable bonds is 10. The number of halogens is 17. The van der Waals surface area contributed by atoms with E-state index in [9.17, 15) is 74.6 Å². The van der Waals surface area contributed by atoms with E-state index >= 15 is 0 Å². The van der Waals surface area contributed by atoms with E-state index < -0.39 is 53.2 Å². The SMILES string of the molecule is FC(F)(F)C(F)(F)C(F)(F)C(F)(F)C(F)(F)C(F)(F)C(F)(F)C(F)(F)c1ccc(-n2c(-c3ccccn3)nnc2-c2ccccn2)cc1. The first kappa shape index (κ1) is 36.3. The molecule has 260 valence electrons. The number of hydrogen-bond donors (Lipinski definition) is 0. The zero-order chi connectivity index (χ0) is 36.4. The molecule has 4 aromatic rings. The molecule has 48 heavy (non-hydrogen) atoms. The van der Waals surface area contributed by atoms with E-state index in [1.165, 1.54) is 48.8 Å². The predicted molar refractivity (Wildman–Crippen MR) is 127 cm³/mol. The van der Waals surface area contributed by atoms with E-state index in [1.807, 2.05) is 0 Å². The Labute approximate surface area is 255 Å². The van der Waals surface area contributed by atoms with Crippen molar-refractivity contribution >= 4 is 0 Å². The Bertz CT molecular complexity index is 1680. The van der Waals surface area contributed by atoms with Crippen LogP contribution in [0.4, 0.5) is 74.6 Å². The van der Waals surface area contributed by atoms with Gasteiger partial charge in [-0.1, -0.05) is 24.3 Å². The molecule has 0 aliphatic carbocycles. The Morgan fingerprint density at radius 1 is 0.417 bits per heavy atom. The molecule has 0 saturated heterocycles. The van der Waals surface area contributed by atoms with Crippen LogP contribution in [0.15, 0.2) is 73.1 Å². The minimum Gasteiger partial charge on any atom is -0.272 e. The minimum atomic E-state index is -8.70. The zero-order valence-electron chi connectivity index (χ0n) is 22.6. The van der Waals surface area contributed by atoms with Crippen molar-refractivity contribution in [3.63, 3.8) is 0 Å². The van der Waals surface area contributed by atoms with Gasteiger partial charge in [-0.15, -0.1) is 10.2 Å². The van der Waals surface area contributed by atoms with Gasteiger partial charge in [-0.2, -0.15) is 74.6 Å². The summed E-state index contributed by atoms with van der Waals surface area (Å²) in [6.07, 6.45) is -5.27. The summed E-state index contributed by atoms with van der Waals surface area (Å²) in [5.74, 6) is -57.5. The van der Waals surface area contributed by atoms with Gasteiger partial charge in [-0.3, -0.25) is 14.5 Å². The third-order valence-corrected chi connectivity index (χ3v) is 6.66. The smallest absolute Gasteiger partial charge is 0.272 e. The first-order valence-electron chi connectivity index (χ1n) is 12.4. The van der Waals surface area contributed by atoms with Gasteiger partial charge in [-0.05, 0) is 36.4 Å². The fourth-order valence-corrected chi connectivity index (χ4v) is 4.02. The van der Waals surface area contributed by atoms with Crippen molar-refractivity contribution in [1.82, 2.24) is 24.7 Å². The van der Waals surface area contributed by atoms with Gasteiger partial charge < -0.3 is 0 Å². The van der Waals surface area contributed by atoms with E-state index in [0.29, 0.717) is 12.1 Å². The van der Waals surface area contributed by atoms with E-state index in [1.54, 1.807) is 0 Å². The molecule has 0 unspecified atom stereocenters. The van der Waals surface area contributed by atoms with E-state index in [0.717, 1.165) is 4.57 Å². The van der Waals surface area contributed by atoms with Crippen LogP contribution >= 0.6 is 0 Å². The lowest BCUT2D eigenvalue weighted by Crippen LogP contribution is -2.74. The highest BCUT2D eigenvalue weighted by Gasteiger charge is 2.95. The molecule has 0 saturated carbocycles. The van der Waals surface area contributed by atoms with E-state index in [-0.39, 0.29) is 40.9 Å². The molecule has 3 heterocycles. The average molecular weight is 717 g/mol. The highest BCUT2D eigenvalue weighted by Crippen LogP contribution is 2.65. The highest BCUT2D eigenvalue weighted by molar-refractivity contribution is 5.62. The van der Waals surface area contributed by atoms with Gasteiger partial charge in [0.05, 0.1) is 0 Å². The second-order valence-corrected chi connectivity index (χ2v) is 9.68. The van der Waals surface area contributed by atoms with Gasteiger partial charge in [0.15, 0.2) is 11.6 Å². The van der Waals surface area contributed by atoms with Crippen LogP contribution in [0.25, 0.3) is 28.7 Å². The Balaban J connectivity index is 1.79. The molecule has 0 atom stereocenters. The van der Waals surface area contributed by atoms with E-state index in [2.05, 4.69) is 20.2 Å². The van der Waals surface area contributed by atoms with Crippen molar-refractivity contribution < 1.29 is 74.6 Å². The topological polar surface area (TPSA) is 56.5 Å². The standard InChI is InChI=1S/C26H12F17N5/c27-19(28,20(29,30)21(31,32)22(33,34)23(35,36)24(37,38)25(39,40)26(41,42)43)13-7-9-14(10-8-13)48-17(15-5-1-3-11-44-15)46-47-18(48)16-6-2-4-12-45-16/h1-12H. The van der Waals surface area contributed by atoms with Gasteiger partial charge in [0.25, 0.3) is 0 Å². The second kappa shape index (κ2) is 11.3. The largest absolute Gasteiger partial charge is 0.460 e. The lowest BCUT2D eigenvalue weighted by molar-refractivity contribution is -0.462. The predicted octanol–water partition coefficient (Wildman–Crippen LogP) is 8.86. The van der Waals surface area contributed by atoms with Crippen LogP contribution in [0.1, 0.15) is 5.56 Å². The number of hydrogen-bond acceptors (Lipinski definition) is 4. The number of aromatic nitrogens is 5. The lowest BCUT2D eigenvalue weighted by Gasteiger charge is -2.42. The van der Waals surface area contributed by atoms with Gasteiger partial charge >= 0.3 is 47.6 Å². The summed E-state index contributed by atoms with van der Waals surface area (Å²) in [5.41, 5.74) is -2.58. The summed E-state index contributed by atoms with van der Waals surface area (Å²) in [6, 6.07) is 9.31. The quantitative estimate of drug-likeness (QED) is 0.154. The summed E-state index contributed by atoms with van der Waals surface area (Å²) in [6.45, 7) is 0. The fraction of sp³-hybridized carbons (Fsp3) is 0.308. The summed E-state index contributed by atoms with van der Waals surface area (Å²) >= 11 is 0. The monoisotopic (exact) mass is 717 g/mol. The normalized spacial score (nSPS) is 14.4. The first-order chi connectivity index (χ1) is 21.8. The maximum atomic E-state index is 14.9. The molecule has 0 spiro atoms. The van der Waals surface area contributed by atoms with Crippen molar-refractivity contribution in [3.8, 4) is 28.7 Å². The van der Waals surface area contributed by atoms with Gasteiger partial charge in [0, 0.05) is 23.6 Å². The van der Waals surface area contributed by atoms with Crippen molar-refractivity contribution in [2.24, 2.45) is 0 Å². The van der Waals surface area contributed by atoms with Crippen LogP contribution in [-0.2, 0) is 5.92 Å². The number of nitrogens with zero attached hydrogens (tertiary/aromatic N) is 5. The van der Waals surface area contributed by atoms with Crippen LogP contribution < -0.4 is 0 Å². The summed E-state index contributed by atoms with van der Waals surface area (Å²) in [4.78, 5) is 8.01. The molecule has 1 aromatic carbocycles. The van der Waals surface area contributed by atoms with Crippen LogP contribution in [0.3, 0.4) is 0 Å². The number of pyridine rings is 2. The number of alkyl halides is 17. The van der Waals surface area contributed by atoms with Crippen molar-refractivity contribution in [1.29, 1.82) is 0 Å². The van der Waals surface area contributed by atoms with Crippen LogP contribution in [0.2, 0.25) is 0 Å². The second-order valence-electron chi connectivity index (χ2n) is 9.68. The Kier molecular flexibility index (Phi) is 8.53. The molecular formula is C26H12F17N5. The summed E-state index contributed by atoms with van der Waals surface area (Å²) in [7, 11) is 0. The van der Waals surface area contributed by atoms with Crippen molar-refractivity contribution in [2.75, 3.05) is 0 Å². The average Bonchev–Trinajstić information content (AvgIpc) is 3.46. The Morgan fingerprint density at radius 2 is 0.792 bits per heavy atom. The van der Waals surface area contributed by atoms with Crippen molar-refractivity contribution in [2.45, 2.75) is 47.6 Å². The summed E-state index contributed by atoms with van der Waals surface area (Å²) < 4.78 is 234. The molecule has 0 aliphatic heterocycles. The molecule has 0 fully saturated rings. The van der Waals surface area contributed by atoms with Crippen LogP contribution in [0.5, 0.6) is 0 Å². The van der Waals surface area contributed by atoms with Gasteiger partial charge in [0.1, 0.15) is 11.4 Å². The van der Waals surface area contributed by atoms with E-state index in [4.69, 9.17) is 0 Å². The Morgan fingerprint density at radius 3 is 1.15 bits per heavy atom. The summed E-state index contributed by atoms with van der Waals surface area (Å²) in [5, 5.41) is 7.78. The molecule has 0 bridgehead atoms. The zero-order valence-corrected chi connectivity index (χ0v) is 22.6. The number of benzene rings is 1. The maximum absolute atomic E-state index is 14.9. The highest BCUT2D eigenvalue weighted by atomic mass is 19.4. The molecule has 3 aromatic heterocycles. The molecule has 22 heteroatoms. The fourth-order valence-electron chi connectivity index (χ4n) is 4.02. The van der Waals surface area contributed by atoms with Crippen molar-refractivity contribution in [3.05, 3.63) is 78.6 Å². The third-order valence-electron chi connectivity index (χ3n) is 6.66. The van der Waals surface area contributed by atoms with Gasteiger partial charge in [0.2, 0.25) is 0 Å². The van der Waals surface area contributed by atoms with Crippen LogP contribution in [-0.4, -0.2) is 66.4 Å².